The van der Waals surface area contributed by atoms with Crippen molar-refractivity contribution < 1.29 is 9.53 Å². The third kappa shape index (κ3) is 5.71. The van der Waals surface area contributed by atoms with Crippen molar-refractivity contribution in [3.05, 3.63) is 63.0 Å². The van der Waals surface area contributed by atoms with Crippen LogP contribution < -0.4 is 5.32 Å². The Morgan fingerprint density at radius 1 is 1.19 bits per heavy atom. The van der Waals surface area contributed by atoms with Gasteiger partial charge in [0, 0.05) is 45.6 Å². The van der Waals surface area contributed by atoms with Gasteiger partial charge in [0.25, 0.3) is 0 Å². The number of rotatable bonds is 8. The number of carbonyl (C=O) groups excluding carboxylic acids is 1. The minimum Gasteiger partial charge on any atom is -0.465 e. The van der Waals surface area contributed by atoms with Gasteiger partial charge in [-0.15, -0.1) is 4.91 Å². The van der Waals surface area contributed by atoms with Crippen LogP contribution in [0.1, 0.15) is 38.3 Å². The van der Waals surface area contributed by atoms with E-state index in [2.05, 4.69) is 14.8 Å². The number of nitroso groups, excluding NO2 is 1. The predicted molar refractivity (Wildman–Crippen MR) is 128 cm³/mol. The molecular weight excluding hydrogens is 457 g/mol. The zero-order valence-electron chi connectivity index (χ0n) is 17.4. The van der Waals surface area contributed by atoms with Gasteiger partial charge in [0.15, 0.2) is 0 Å². The number of piperidine rings is 1. The first-order valence-electron chi connectivity index (χ1n) is 10.1. The van der Waals surface area contributed by atoms with E-state index in [0.717, 1.165) is 36.0 Å². The Morgan fingerprint density at radius 3 is 2.45 bits per heavy atom. The standard InChI is InChI=1S/C22H25Cl2N3O3S/c1-3-30-21(28)20(27-13-11-22(2,12-14-27)31-26-29)15-7-4-5-10-18(15)25-19-16(23)8-6-9-17(19)24/h4-10,20,25H,3,11-14H2,1-2H3. The molecule has 0 amide bonds. The van der Waals surface area contributed by atoms with E-state index in [1.807, 2.05) is 31.2 Å². The molecule has 9 heteroatoms. The third-order valence-corrected chi connectivity index (χ3v) is 7.02. The van der Waals surface area contributed by atoms with E-state index < -0.39 is 6.04 Å². The van der Waals surface area contributed by atoms with E-state index in [-0.39, 0.29) is 17.3 Å². The Kier molecular flexibility index (Phi) is 8.22. The minimum atomic E-state index is -0.594. The van der Waals surface area contributed by atoms with Crippen LogP contribution in [0.4, 0.5) is 11.4 Å². The number of likely N-dealkylation sites (tertiary alicyclic amines) is 1. The number of halogens is 2. The van der Waals surface area contributed by atoms with Crippen molar-refractivity contribution in [1.82, 2.24) is 4.90 Å². The number of benzene rings is 2. The second-order valence-corrected chi connectivity index (χ2v) is 9.75. The Bertz CT molecular complexity index is 916. The SMILES string of the molecule is CCOC(=O)C(c1ccccc1Nc1c(Cl)cccc1Cl)N1CCC(C)(SN=O)CC1. The number of ether oxygens (including phenoxy) is 1. The topological polar surface area (TPSA) is 71.0 Å². The molecule has 0 aromatic heterocycles. The summed E-state index contributed by atoms with van der Waals surface area (Å²) in [6, 6.07) is 12.3. The zero-order chi connectivity index (χ0) is 22.4. The lowest BCUT2D eigenvalue weighted by Gasteiger charge is -2.40. The van der Waals surface area contributed by atoms with Crippen molar-refractivity contribution in [3.63, 3.8) is 0 Å². The fourth-order valence-corrected chi connectivity index (χ4v) is 4.77. The Hall–Kier alpha value is -1.80. The highest BCUT2D eigenvalue weighted by atomic mass is 35.5. The monoisotopic (exact) mass is 481 g/mol. The average Bonchev–Trinajstić information content (AvgIpc) is 2.74. The Balaban J connectivity index is 1.94. The first kappa shape index (κ1) is 23.9. The number of nitrogens with zero attached hydrogens (tertiary/aromatic N) is 2. The van der Waals surface area contributed by atoms with Crippen LogP contribution in [-0.2, 0) is 9.53 Å². The molecule has 2 aromatic carbocycles. The number of nitrogens with one attached hydrogen (secondary N) is 1. The summed E-state index contributed by atoms with van der Waals surface area (Å²) < 4.78 is 8.23. The normalized spacial score (nSPS) is 17.0. The molecule has 1 aliphatic heterocycles. The second kappa shape index (κ2) is 10.7. The summed E-state index contributed by atoms with van der Waals surface area (Å²) in [7, 11) is 0. The minimum absolute atomic E-state index is 0.222. The van der Waals surface area contributed by atoms with Crippen molar-refractivity contribution in [1.29, 1.82) is 0 Å². The third-order valence-electron chi connectivity index (χ3n) is 5.47. The molecule has 166 valence electrons. The van der Waals surface area contributed by atoms with Gasteiger partial charge < -0.3 is 10.1 Å². The molecule has 6 nitrogen and oxygen atoms in total. The van der Waals surface area contributed by atoms with Crippen LogP contribution in [0.15, 0.2) is 47.0 Å². The van der Waals surface area contributed by atoms with E-state index in [0.29, 0.717) is 28.8 Å². The lowest BCUT2D eigenvalue weighted by Crippen LogP contribution is -2.45. The summed E-state index contributed by atoms with van der Waals surface area (Å²) in [4.78, 5) is 25.9. The average molecular weight is 482 g/mol. The van der Waals surface area contributed by atoms with Crippen molar-refractivity contribution in [2.75, 3.05) is 25.0 Å². The fraction of sp³-hybridized carbons (Fsp3) is 0.409. The van der Waals surface area contributed by atoms with E-state index in [9.17, 15) is 9.70 Å². The molecule has 1 heterocycles. The molecular formula is C22H25Cl2N3O3S. The maximum Gasteiger partial charge on any atom is 0.328 e. The molecule has 0 radical (unpaired) electrons. The van der Waals surface area contributed by atoms with Gasteiger partial charge in [0.1, 0.15) is 6.04 Å². The van der Waals surface area contributed by atoms with Crippen molar-refractivity contribution in [3.8, 4) is 0 Å². The van der Waals surface area contributed by atoms with Crippen molar-refractivity contribution >= 4 is 52.5 Å². The molecule has 3 rings (SSSR count). The lowest BCUT2D eigenvalue weighted by atomic mass is 9.94. The van der Waals surface area contributed by atoms with Crippen molar-refractivity contribution in [2.45, 2.75) is 37.5 Å². The van der Waals surface area contributed by atoms with Crippen LogP contribution >= 0.6 is 35.1 Å². The highest BCUT2D eigenvalue weighted by Gasteiger charge is 2.38. The summed E-state index contributed by atoms with van der Waals surface area (Å²) in [6.45, 7) is 5.40. The summed E-state index contributed by atoms with van der Waals surface area (Å²) in [5.74, 6) is -0.313. The van der Waals surface area contributed by atoms with Crippen LogP contribution in [0.3, 0.4) is 0 Å². The first-order chi connectivity index (χ1) is 14.9. The number of carbonyl (C=O) groups is 1. The molecule has 1 atom stereocenters. The highest BCUT2D eigenvalue weighted by Crippen LogP contribution is 2.41. The van der Waals surface area contributed by atoms with Gasteiger partial charge in [-0.3, -0.25) is 4.90 Å². The molecule has 0 spiro atoms. The van der Waals surface area contributed by atoms with Gasteiger partial charge in [0.2, 0.25) is 0 Å². The van der Waals surface area contributed by atoms with Crippen LogP contribution in [0.25, 0.3) is 0 Å². The van der Waals surface area contributed by atoms with E-state index in [4.69, 9.17) is 27.9 Å². The molecule has 0 aliphatic carbocycles. The summed E-state index contributed by atoms with van der Waals surface area (Å²) >= 11 is 13.8. The molecule has 0 saturated carbocycles. The Labute approximate surface area is 196 Å². The molecule has 1 aliphatic rings. The second-order valence-electron chi connectivity index (χ2n) is 7.62. The van der Waals surface area contributed by atoms with Gasteiger partial charge in [-0.05, 0) is 44.9 Å². The van der Waals surface area contributed by atoms with Crippen LogP contribution in [0.2, 0.25) is 10.0 Å². The number of hydrogen-bond acceptors (Lipinski definition) is 7. The maximum atomic E-state index is 13.1. The summed E-state index contributed by atoms with van der Waals surface area (Å²) in [5.41, 5.74) is 2.09. The van der Waals surface area contributed by atoms with Gasteiger partial charge in [-0.1, -0.05) is 47.5 Å². The maximum absolute atomic E-state index is 13.1. The zero-order valence-corrected chi connectivity index (χ0v) is 19.8. The van der Waals surface area contributed by atoms with Crippen LogP contribution in [0.5, 0.6) is 0 Å². The van der Waals surface area contributed by atoms with Crippen molar-refractivity contribution in [2.24, 2.45) is 4.58 Å². The molecule has 2 aromatic rings. The largest absolute Gasteiger partial charge is 0.465 e. The molecule has 1 unspecified atom stereocenters. The Morgan fingerprint density at radius 2 is 1.84 bits per heavy atom. The number of para-hydroxylation sites is 2. The van der Waals surface area contributed by atoms with Gasteiger partial charge in [-0.25, -0.2) is 4.79 Å². The van der Waals surface area contributed by atoms with Crippen LogP contribution in [-0.4, -0.2) is 35.3 Å². The highest BCUT2D eigenvalue weighted by molar-refractivity contribution is 7.99. The van der Waals surface area contributed by atoms with Gasteiger partial charge >= 0.3 is 5.97 Å². The predicted octanol–water partition coefficient (Wildman–Crippen LogP) is 6.61. The van der Waals surface area contributed by atoms with Crippen LogP contribution in [0, 0.1) is 4.91 Å². The molecule has 0 bridgehead atoms. The van der Waals surface area contributed by atoms with E-state index in [1.165, 1.54) is 0 Å². The smallest absolute Gasteiger partial charge is 0.328 e. The quantitative estimate of drug-likeness (QED) is 0.259. The van der Waals surface area contributed by atoms with E-state index in [1.54, 1.807) is 25.1 Å². The molecule has 1 N–H and O–H groups in total. The first-order valence-corrected chi connectivity index (χ1v) is 11.6. The fourth-order valence-electron chi connectivity index (χ4n) is 3.73. The van der Waals surface area contributed by atoms with Gasteiger partial charge in [-0.2, -0.15) is 0 Å². The summed E-state index contributed by atoms with van der Waals surface area (Å²) in [6.07, 6.45) is 1.48. The number of hydrogen-bond donors (Lipinski definition) is 1. The molecule has 1 fully saturated rings. The number of esters is 1. The molecule has 31 heavy (non-hydrogen) atoms. The summed E-state index contributed by atoms with van der Waals surface area (Å²) in [5, 5.41) is 4.28. The van der Waals surface area contributed by atoms with E-state index >= 15 is 0 Å². The molecule has 1 saturated heterocycles. The van der Waals surface area contributed by atoms with Gasteiger partial charge in [0.05, 0.1) is 22.3 Å². The lowest BCUT2D eigenvalue weighted by molar-refractivity contribution is -0.150. The number of anilines is 2.